The van der Waals surface area contributed by atoms with Crippen molar-refractivity contribution >= 4 is 22.8 Å². The number of carbonyl (C=O) groups excluding carboxylic acids is 2. The third-order valence-electron chi connectivity index (χ3n) is 5.75. The molecule has 0 unspecified atom stereocenters. The smallest absolute Gasteiger partial charge is 0.228 e. The molecule has 1 N–H and O–H groups in total. The summed E-state index contributed by atoms with van der Waals surface area (Å²) in [5.74, 6) is 0.966. The van der Waals surface area contributed by atoms with Crippen LogP contribution >= 0.6 is 0 Å². The number of carbonyl (C=O) groups is 2. The molecule has 1 saturated carbocycles. The number of benzene rings is 1. The summed E-state index contributed by atoms with van der Waals surface area (Å²) < 4.78 is 0. The Balaban J connectivity index is 1.37. The average molecular weight is 338 g/mol. The lowest BCUT2D eigenvalue weighted by Crippen LogP contribution is -2.37. The van der Waals surface area contributed by atoms with Gasteiger partial charge in [-0.25, -0.2) is 4.98 Å². The van der Waals surface area contributed by atoms with Crippen LogP contribution in [0.15, 0.2) is 24.3 Å². The average Bonchev–Trinajstić information content (AvgIpc) is 3.05. The van der Waals surface area contributed by atoms with Gasteiger partial charge in [0, 0.05) is 25.6 Å². The molecular weight excluding hydrogens is 316 g/mol. The summed E-state index contributed by atoms with van der Waals surface area (Å²) in [5, 5.41) is 0. The van der Waals surface area contributed by atoms with E-state index >= 15 is 0 Å². The predicted octanol–water partition coefficient (Wildman–Crippen LogP) is 2.24. The van der Waals surface area contributed by atoms with Crippen LogP contribution in [0, 0.1) is 5.92 Å². The van der Waals surface area contributed by atoms with Crippen molar-refractivity contribution in [3.8, 4) is 0 Å². The first-order valence-corrected chi connectivity index (χ1v) is 9.25. The molecule has 3 aliphatic rings. The zero-order valence-electron chi connectivity index (χ0n) is 14.1. The van der Waals surface area contributed by atoms with Crippen LogP contribution in [0.4, 0.5) is 0 Å². The van der Waals surface area contributed by atoms with Crippen molar-refractivity contribution in [2.24, 2.45) is 5.92 Å². The molecule has 130 valence electrons. The molecule has 3 fully saturated rings. The third kappa shape index (κ3) is 2.51. The molecule has 6 heteroatoms. The van der Waals surface area contributed by atoms with Crippen LogP contribution in [0.1, 0.15) is 44.0 Å². The Bertz CT molecular complexity index is 808. The molecule has 2 atom stereocenters. The number of para-hydroxylation sites is 2. The second kappa shape index (κ2) is 5.58. The van der Waals surface area contributed by atoms with Crippen molar-refractivity contribution < 1.29 is 9.59 Å². The number of amides is 2. The topological polar surface area (TPSA) is 69.3 Å². The fraction of sp³-hybridized carbons (Fsp3) is 0.526. The Hall–Kier alpha value is -2.37. The van der Waals surface area contributed by atoms with E-state index in [0.29, 0.717) is 19.0 Å². The second-order valence-corrected chi connectivity index (χ2v) is 7.51. The monoisotopic (exact) mass is 338 g/mol. The van der Waals surface area contributed by atoms with Gasteiger partial charge in [-0.15, -0.1) is 0 Å². The first-order valence-electron chi connectivity index (χ1n) is 9.25. The van der Waals surface area contributed by atoms with Crippen LogP contribution in [-0.4, -0.2) is 50.7 Å². The summed E-state index contributed by atoms with van der Waals surface area (Å²) in [6, 6.07) is 8.36. The highest BCUT2D eigenvalue weighted by molar-refractivity contribution is 5.90. The number of H-pyrrole nitrogens is 1. The third-order valence-corrected chi connectivity index (χ3v) is 5.75. The molecule has 5 rings (SSSR count). The molecular formula is C19H22N4O2. The number of aromatic nitrogens is 2. The van der Waals surface area contributed by atoms with Gasteiger partial charge in [0.1, 0.15) is 5.82 Å². The number of nitrogens with zero attached hydrogens (tertiary/aromatic N) is 3. The maximum absolute atomic E-state index is 13.1. The molecule has 1 aromatic carbocycles. The second-order valence-electron chi connectivity index (χ2n) is 7.51. The predicted molar refractivity (Wildman–Crippen MR) is 92.6 cm³/mol. The van der Waals surface area contributed by atoms with Crippen molar-refractivity contribution in [2.75, 3.05) is 13.1 Å². The lowest BCUT2D eigenvalue weighted by molar-refractivity contribution is -0.136. The number of imidazole rings is 1. The Kier molecular flexibility index (Phi) is 3.33. The van der Waals surface area contributed by atoms with Crippen LogP contribution in [0.5, 0.6) is 0 Å². The maximum Gasteiger partial charge on any atom is 0.228 e. The number of hydrogen-bond donors (Lipinski definition) is 1. The number of hydrogen-bond acceptors (Lipinski definition) is 3. The Labute approximate surface area is 146 Å². The Morgan fingerprint density at radius 1 is 1.20 bits per heavy atom. The maximum atomic E-state index is 13.1. The van der Waals surface area contributed by atoms with Gasteiger partial charge in [-0.2, -0.15) is 0 Å². The summed E-state index contributed by atoms with van der Waals surface area (Å²) >= 11 is 0. The molecule has 2 amide bonds. The standard InChI is InChI=1S/C19H22N4O2/c24-17-10-12(11-23(17)13-7-8-13)19(25)22-9-3-6-16(22)18-20-14-4-1-2-5-15(14)21-18/h1-2,4-5,12-13,16H,3,6-11H2,(H,20,21)/t12-,16-/m0/s1. The fourth-order valence-corrected chi connectivity index (χ4v) is 4.32. The van der Waals surface area contributed by atoms with Crippen molar-refractivity contribution in [1.29, 1.82) is 0 Å². The lowest BCUT2D eigenvalue weighted by Gasteiger charge is -2.26. The van der Waals surface area contributed by atoms with Crippen LogP contribution in [0.25, 0.3) is 11.0 Å². The van der Waals surface area contributed by atoms with Gasteiger partial charge >= 0.3 is 0 Å². The largest absolute Gasteiger partial charge is 0.340 e. The first kappa shape index (κ1) is 14.9. The summed E-state index contributed by atoms with van der Waals surface area (Å²) in [6.45, 7) is 1.36. The highest BCUT2D eigenvalue weighted by Crippen LogP contribution is 2.37. The lowest BCUT2D eigenvalue weighted by atomic mass is 10.1. The van der Waals surface area contributed by atoms with Crippen LogP contribution in [-0.2, 0) is 9.59 Å². The van der Waals surface area contributed by atoms with Gasteiger partial charge < -0.3 is 14.8 Å². The molecule has 0 spiro atoms. The zero-order chi connectivity index (χ0) is 17.0. The van der Waals surface area contributed by atoms with Crippen LogP contribution < -0.4 is 0 Å². The number of nitrogens with one attached hydrogen (secondary N) is 1. The Morgan fingerprint density at radius 3 is 2.84 bits per heavy atom. The van der Waals surface area contributed by atoms with Crippen LogP contribution in [0.3, 0.4) is 0 Å². The van der Waals surface area contributed by atoms with E-state index in [4.69, 9.17) is 4.98 Å². The van der Waals surface area contributed by atoms with Crippen molar-refractivity contribution in [1.82, 2.24) is 19.8 Å². The number of fused-ring (bicyclic) bond motifs is 1. The minimum Gasteiger partial charge on any atom is -0.340 e. The van der Waals surface area contributed by atoms with Crippen molar-refractivity contribution in [3.05, 3.63) is 30.1 Å². The van der Waals surface area contributed by atoms with Gasteiger partial charge in [-0.3, -0.25) is 9.59 Å². The fourth-order valence-electron chi connectivity index (χ4n) is 4.32. The molecule has 2 aliphatic heterocycles. The van der Waals surface area contributed by atoms with Crippen LogP contribution in [0.2, 0.25) is 0 Å². The quantitative estimate of drug-likeness (QED) is 0.933. The summed E-state index contributed by atoms with van der Waals surface area (Å²) in [5.41, 5.74) is 1.94. The van der Waals surface area contributed by atoms with E-state index in [-0.39, 0.29) is 23.8 Å². The van der Waals surface area contributed by atoms with E-state index in [2.05, 4.69) is 4.98 Å². The van der Waals surface area contributed by atoms with Gasteiger partial charge in [0.05, 0.1) is 23.0 Å². The van der Waals surface area contributed by atoms with E-state index < -0.39 is 0 Å². The number of aromatic amines is 1. The normalized spacial score (nSPS) is 26.8. The van der Waals surface area contributed by atoms with Gasteiger partial charge in [0.2, 0.25) is 11.8 Å². The van der Waals surface area contributed by atoms with E-state index in [0.717, 1.165) is 49.1 Å². The number of rotatable bonds is 3. The highest BCUT2D eigenvalue weighted by atomic mass is 16.2. The van der Waals surface area contributed by atoms with E-state index in [9.17, 15) is 9.59 Å². The molecule has 1 aromatic heterocycles. The summed E-state index contributed by atoms with van der Waals surface area (Å²) in [7, 11) is 0. The molecule has 2 saturated heterocycles. The first-order chi connectivity index (χ1) is 12.2. The molecule has 0 radical (unpaired) electrons. The zero-order valence-corrected chi connectivity index (χ0v) is 14.1. The summed E-state index contributed by atoms with van der Waals surface area (Å²) in [6.07, 6.45) is 4.48. The SMILES string of the molecule is O=C1C[C@H](C(=O)N2CCC[C@H]2c2nc3ccccc3[nH]2)CN1C1CC1. The van der Waals surface area contributed by atoms with Crippen molar-refractivity contribution in [2.45, 2.75) is 44.2 Å². The number of likely N-dealkylation sites (tertiary alicyclic amines) is 2. The van der Waals surface area contributed by atoms with E-state index in [1.165, 1.54) is 0 Å². The van der Waals surface area contributed by atoms with Gasteiger partial charge in [-0.1, -0.05) is 12.1 Å². The van der Waals surface area contributed by atoms with Gasteiger partial charge in [0.25, 0.3) is 0 Å². The molecule has 0 bridgehead atoms. The molecule has 2 aromatic rings. The summed E-state index contributed by atoms with van der Waals surface area (Å²) in [4.78, 5) is 37.2. The van der Waals surface area contributed by atoms with Gasteiger partial charge in [0.15, 0.2) is 0 Å². The molecule has 6 nitrogen and oxygen atoms in total. The molecule has 1 aliphatic carbocycles. The minimum absolute atomic E-state index is 0.00461. The van der Waals surface area contributed by atoms with E-state index in [1.807, 2.05) is 34.1 Å². The highest BCUT2D eigenvalue weighted by Gasteiger charge is 2.44. The van der Waals surface area contributed by atoms with Crippen molar-refractivity contribution in [3.63, 3.8) is 0 Å². The molecule has 3 heterocycles. The Morgan fingerprint density at radius 2 is 2.04 bits per heavy atom. The van der Waals surface area contributed by atoms with E-state index in [1.54, 1.807) is 0 Å². The van der Waals surface area contributed by atoms with Gasteiger partial charge in [-0.05, 0) is 37.8 Å². The molecule has 25 heavy (non-hydrogen) atoms. The minimum atomic E-state index is -0.182.